The third-order valence-electron chi connectivity index (χ3n) is 3.66. The standard InChI is InChI=1S/C15H26N2O4/c18-13(7-3-4-8-15(20)21)16-10-9-14(19)17-11-5-1-2-6-12-17/h1-12H2,(H,16,18)(H,20,21). The van der Waals surface area contributed by atoms with Gasteiger partial charge >= 0.3 is 5.97 Å². The van der Waals surface area contributed by atoms with E-state index in [0.29, 0.717) is 32.2 Å². The van der Waals surface area contributed by atoms with Crippen LogP contribution in [0.4, 0.5) is 0 Å². The van der Waals surface area contributed by atoms with Gasteiger partial charge in [0.15, 0.2) is 0 Å². The van der Waals surface area contributed by atoms with Crippen molar-refractivity contribution in [1.29, 1.82) is 0 Å². The molecule has 0 aromatic heterocycles. The minimum absolute atomic E-state index is 0.0979. The lowest BCUT2D eigenvalue weighted by molar-refractivity contribution is -0.137. The molecule has 1 aliphatic heterocycles. The molecule has 0 spiro atoms. The van der Waals surface area contributed by atoms with E-state index in [9.17, 15) is 14.4 Å². The number of aliphatic carboxylic acids is 1. The zero-order chi connectivity index (χ0) is 15.5. The molecule has 0 atom stereocenters. The number of nitrogens with one attached hydrogen (secondary N) is 1. The van der Waals surface area contributed by atoms with Crippen molar-refractivity contribution in [3.63, 3.8) is 0 Å². The van der Waals surface area contributed by atoms with Gasteiger partial charge in [-0.2, -0.15) is 0 Å². The van der Waals surface area contributed by atoms with Crippen molar-refractivity contribution in [2.75, 3.05) is 19.6 Å². The number of unbranched alkanes of at least 4 members (excludes halogenated alkanes) is 1. The van der Waals surface area contributed by atoms with Gasteiger partial charge in [0.1, 0.15) is 0 Å². The quantitative estimate of drug-likeness (QED) is 0.665. The lowest BCUT2D eigenvalue weighted by atomic mass is 10.2. The van der Waals surface area contributed by atoms with Crippen molar-refractivity contribution in [3.8, 4) is 0 Å². The first kappa shape index (κ1) is 17.5. The Balaban J connectivity index is 2.07. The number of nitrogens with zero attached hydrogens (tertiary/aromatic N) is 1. The summed E-state index contributed by atoms with van der Waals surface area (Å²) >= 11 is 0. The highest BCUT2D eigenvalue weighted by molar-refractivity contribution is 5.79. The lowest BCUT2D eigenvalue weighted by Gasteiger charge is -2.20. The Morgan fingerprint density at radius 1 is 0.905 bits per heavy atom. The van der Waals surface area contributed by atoms with Crippen LogP contribution in [0.15, 0.2) is 0 Å². The van der Waals surface area contributed by atoms with Gasteiger partial charge in [-0.25, -0.2) is 0 Å². The minimum Gasteiger partial charge on any atom is -0.481 e. The molecule has 2 amide bonds. The van der Waals surface area contributed by atoms with Crippen LogP contribution in [0.5, 0.6) is 0 Å². The van der Waals surface area contributed by atoms with E-state index in [2.05, 4.69) is 5.32 Å². The Hall–Kier alpha value is -1.59. The largest absolute Gasteiger partial charge is 0.481 e. The van der Waals surface area contributed by atoms with Gasteiger partial charge in [0, 0.05) is 38.9 Å². The summed E-state index contributed by atoms with van der Waals surface area (Å²) in [5.74, 6) is -0.828. The predicted molar refractivity (Wildman–Crippen MR) is 78.8 cm³/mol. The summed E-state index contributed by atoms with van der Waals surface area (Å²) in [6, 6.07) is 0. The Morgan fingerprint density at radius 3 is 2.14 bits per heavy atom. The molecule has 0 radical (unpaired) electrons. The highest BCUT2D eigenvalue weighted by atomic mass is 16.4. The smallest absolute Gasteiger partial charge is 0.303 e. The highest BCUT2D eigenvalue weighted by Crippen LogP contribution is 2.10. The van der Waals surface area contributed by atoms with Crippen LogP contribution in [-0.2, 0) is 14.4 Å². The van der Waals surface area contributed by atoms with Gasteiger partial charge in [0.05, 0.1) is 0 Å². The van der Waals surface area contributed by atoms with Crippen LogP contribution in [0.3, 0.4) is 0 Å². The number of hydrogen-bond acceptors (Lipinski definition) is 3. The van der Waals surface area contributed by atoms with Gasteiger partial charge in [-0.05, 0) is 25.7 Å². The molecule has 1 saturated heterocycles. The van der Waals surface area contributed by atoms with Gasteiger partial charge in [-0.3, -0.25) is 14.4 Å². The molecule has 1 heterocycles. The van der Waals surface area contributed by atoms with Crippen LogP contribution in [0.25, 0.3) is 0 Å². The van der Waals surface area contributed by atoms with Gasteiger partial charge in [0.25, 0.3) is 0 Å². The van der Waals surface area contributed by atoms with Crippen molar-refractivity contribution in [2.45, 2.75) is 57.8 Å². The van der Waals surface area contributed by atoms with E-state index in [1.807, 2.05) is 4.90 Å². The van der Waals surface area contributed by atoms with E-state index < -0.39 is 5.97 Å². The van der Waals surface area contributed by atoms with Crippen LogP contribution in [0, 0.1) is 0 Å². The number of carboxylic acid groups (broad SMARTS) is 1. The van der Waals surface area contributed by atoms with Gasteiger partial charge < -0.3 is 15.3 Å². The average molecular weight is 298 g/mol. The topological polar surface area (TPSA) is 86.7 Å². The fourth-order valence-electron chi connectivity index (χ4n) is 2.44. The third-order valence-corrected chi connectivity index (χ3v) is 3.66. The molecule has 21 heavy (non-hydrogen) atoms. The summed E-state index contributed by atoms with van der Waals surface area (Å²) in [6.07, 6.45) is 6.37. The number of carbonyl (C=O) groups excluding carboxylic acids is 2. The zero-order valence-electron chi connectivity index (χ0n) is 12.6. The first-order valence-electron chi connectivity index (χ1n) is 7.86. The maximum atomic E-state index is 12.0. The third kappa shape index (κ3) is 8.32. The highest BCUT2D eigenvalue weighted by Gasteiger charge is 2.15. The minimum atomic E-state index is -0.835. The Bertz CT molecular complexity index is 350. The van der Waals surface area contributed by atoms with Crippen LogP contribution in [0.1, 0.15) is 57.8 Å². The van der Waals surface area contributed by atoms with E-state index in [1.54, 1.807) is 0 Å². The SMILES string of the molecule is O=C(O)CCCCC(=O)NCCC(=O)N1CCCCCC1. The molecule has 6 heteroatoms. The molecule has 1 rings (SSSR count). The number of hydrogen-bond donors (Lipinski definition) is 2. The normalized spacial score (nSPS) is 15.3. The summed E-state index contributed by atoms with van der Waals surface area (Å²) in [5.41, 5.74) is 0. The van der Waals surface area contributed by atoms with E-state index in [4.69, 9.17) is 5.11 Å². The summed E-state index contributed by atoms with van der Waals surface area (Å²) in [4.78, 5) is 35.7. The number of amides is 2. The van der Waals surface area contributed by atoms with Crippen molar-refractivity contribution in [2.24, 2.45) is 0 Å². The molecule has 0 aliphatic carbocycles. The maximum absolute atomic E-state index is 12.0. The number of rotatable bonds is 8. The molecule has 1 aliphatic rings. The molecule has 0 saturated carbocycles. The Morgan fingerprint density at radius 2 is 1.52 bits per heavy atom. The van der Waals surface area contributed by atoms with Crippen LogP contribution in [-0.4, -0.2) is 47.4 Å². The second kappa shape index (κ2) is 10.2. The van der Waals surface area contributed by atoms with E-state index in [1.165, 1.54) is 12.8 Å². The second-order valence-corrected chi connectivity index (χ2v) is 5.50. The van der Waals surface area contributed by atoms with Crippen LogP contribution in [0.2, 0.25) is 0 Å². The number of carboxylic acids is 1. The van der Waals surface area contributed by atoms with Crippen LogP contribution < -0.4 is 5.32 Å². The summed E-state index contributed by atoms with van der Waals surface area (Å²) in [7, 11) is 0. The fraction of sp³-hybridized carbons (Fsp3) is 0.800. The summed E-state index contributed by atoms with van der Waals surface area (Å²) < 4.78 is 0. The average Bonchev–Trinajstić information content (AvgIpc) is 2.72. The van der Waals surface area contributed by atoms with Crippen LogP contribution >= 0.6 is 0 Å². The second-order valence-electron chi connectivity index (χ2n) is 5.50. The molecule has 2 N–H and O–H groups in total. The molecule has 1 fully saturated rings. The lowest BCUT2D eigenvalue weighted by Crippen LogP contribution is -2.35. The van der Waals surface area contributed by atoms with Crippen molar-refractivity contribution in [3.05, 3.63) is 0 Å². The first-order valence-corrected chi connectivity index (χ1v) is 7.86. The fourth-order valence-corrected chi connectivity index (χ4v) is 2.44. The molecule has 0 aromatic rings. The van der Waals surface area contributed by atoms with Crippen molar-refractivity contribution >= 4 is 17.8 Å². The molecule has 120 valence electrons. The van der Waals surface area contributed by atoms with E-state index in [-0.39, 0.29) is 18.2 Å². The Labute approximate surface area is 125 Å². The first-order chi connectivity index (χ1) is 10.1. The van der Waals surface area contributed by atoms with Gasteiger partial charge in [-0.1, -0.05) is 12.8 Å². The molecule has 0 bridgehead atoms. The van der Waals surface area contributed by atoms with E-state index >= 15 is 0 Å². The predicted octanol–water partition coefficient (Wildman–Crippen LogP) is 1.54. The Kier molecular flexibility index (Phi) is 8.47. The zero-order valence-corrected chi connectivity index (χ0v) is 12.6. The number of carbonyl (C=O) groups is 3. The molecule has 0 unspecified atom stereocenters. The maximum Gasteiger partial charge on any atom is 0.303 e. The van der Waals surface area contributed by atoms with Crippen molar-refractivity contribution < 1.29 is 19.5 Å². The molecular formula is C15H26N2O4. The van der Waals surface area contributed by atoms with Gasteiger partial charge in [-0.15, -0.1) is 0 Å². The summed E-state index contributed by atoms with van der Waals surface area (Å²) in [5, 5.41) is 11.2. The van der Waals surface area contributed by atoms with E-state index in [0.717, 1.165) is 25.9 Å². The molecule has 0 aromatic carbocycles. The summed E-state index contributed by atoms with van der Waals surface area (Å²) in [6.45, 7) is 2.04. The molecule has 6 nitrogen and oxygen atoms in total. The monoisotopic (exact) mass is 298 g/mol. The molecular weight excluding hydrogens is 272 g/mol. The number of likely N-dealkylation sites (tertiary alicyclic amines) is 1. The van der Waals surface area contributed by atoms with Crippen molar-refractivity contribution in [1.82, 2.24) is 10.2 Å². The van der Waals surface area contributed by atoms with Gasteiger partial charge in [0.2, 0.25) is 11.8 Å².